The molecule has 2 aromatic rings. The maximum absolute atomic E-state index is 4.60. The van der Waals surface area contributed by atoms with Crippen molar-refractivity contribution in [2.75, 3.05) is 0 Å². The first-order valence-corrected chi connectivity index (χ1v) is 6.55. The monoisotopic (exact) mass is 228 g/mol. The number of nitrogens with one attached hydrogen (secondary N) is 1. The summed E-state index contributed by atoms with van der Waals surface area (Å²) in [7, 11) is 0. The number of fused-ring (bicyclic) bond motifs is 3. The standard InChI is InChI=1S/C15H20N2/c1-15(2,3)10-8-12-11-6-4-5-7-13(11)17-14(12)16-9-10/h8-9H,4-7H2,1-3H3,(H,16,17). The average molecular weight is 228 g/mol. The van der Waals surface area contributed by atoms with Gasteiger partial charge in [-0.2, -0.15) is 0 Å². The van der Waals surface area contributed by atoms with Crippen molar-refractivity contribution in [3.05, 3.63) is 29.1 Å². The van der Waals surface area contributed by atoms with Gasteiger partial charge in [-0.15, -0.1) is 0 Å². The molecule has 0 fully saturated rings. The Kier molecular flexibility index (Phi) is 2.29. The van der Waals surface area contributed by atoms with Crippen molar-refractivity contribution in [2.24, 2.45) is 0 Å². The smallest absolute Gasteiger partial charge is 0.137 e. The SMILES string of the molecule is CC(C)(C)c1cnc2[nH]c3c(c2c1)CCCC3. The number of rotatable bonds is 0. The summed E-state index contributed by atoms with van der Waals surface area (Å²) in [6.45, 7) is 6.73. The van der Waals surface area contributed by atoms with Crippen LogP contribution in [0, 0.1) is 0 Å². The average Bonchev–Trinajstić information content (AvgIpc) is 2.65. The molecule has 0 radical (unpaired) electrons. The third-order valence-corrected chi connectivity index (χ3v) is 3.82. The lowest BCUT2D eigenvalue weighted by Gasteiger charge is -2.18. The maximum atomic E-state index is 4.60. The summed E-state index contributed by atoms with van der Waals surface area (Å²) in [5.74, 6) is 0. The van der Waals surface area contributed by atoms with E-state index in [1.54, 1.807) is 0 Å². The molecule has 0 saturated carbocycles. The fourth-order valence-corrected chi connectivity index (χ4v) is 2.69. The van der Waals surface area contributed by atoms with Crippen molar-refractivity contribution < 1.29 is 0 Å². The number of nitrogens with zero attached hydrogens (tertiary/aromatic N) is 1. The van der Waals surface area contributed by atoms with E-state index in [1.807, 2.05) is 6.20 Å². The van der Waals surface area contributed by atoms with Gasteiger partial charge in [-0.3, -0.25) is 0 Å². The van der Waals surface area contributed by atoms with E-state index in [2.05, 4.69) is 36.8 Å². The van der Waals surface area contributed by atoms with E-state index in [1.165, 1.54) is 47.9 Å². The van der Waals surface area contributed by atoms with Crippen molar-refractivity contribution in [1.82, 2.24) is 9.97 Å². The Morgan fingerprint density at radius 2 is 1.94 bits per heavy atom. The molecule has 2 nitrogen and oxygen atoms in total. The Labute approximate surface area is 102 Å². The second-order valence-corrected chi connectivity index (χ2v) is 6.16. The van der Waals surface area contributed by atoms with Gasteiger partial charge in [0.05, 0.1) is 0 Å². The third-order valence-electron chi connectivity index (χ3n) is 3.82. The highest BCUT2D eigenvalue weighted by atomic mass is 14.9. The number of pyridine rings is 1. The molecule has 2 aromatic heterocycles. The van der Waals surface area contributed by atoms with Gasteiger partial charge in [0.15, 0.2) is 0 Å². The number of hydrogen-bond acceptors (Lipinski definition) is 1. The van der Waals surface area contributed by atoms with Gasteiger partial charge < -0.3 is 4.98 Å². The van der Waals surface area contributed by atoms with Crippen LogP contribution < -0.4 is 0 Å². The number of H-pyrrole nitrogens is 1. The van der Waals surface area contributed by atoms with Gasteiger partial charge in [0.1, 0.15) is 5.65 Å². The van der Waals surface area contributed by atoms with E-state index >= 15 is 0 Å². The van der Waals surface area contributed by atoms with E-state index < -0.39 is 0 Å². The van der Waals surface area contributed by atoms with E-state index in [9.17, 15) is 0 Å². The van der Waals surface area contributed by atoms with Crippen molar-refractivity contribution in [1.29, 1.82) is 0 Å². The Balaban J connectivity index is 2.21. The molecule has 0 atom stereocenters. The molecule has 0 saturated heterocycles. The van der Waals surface area contributed by atoms with E-state index in [-0.39, 0.29) is 5.41 Å². The molecule has 3 rings (SSSR count). The van der Waals surface area contributed by atoms with Gasteiger partial charge in [0, 0.05) is 17.3 Å². The Morgan fingerprint density at radius 3 is 2.71 bits per heavy atom. The summed E-state index contributed by atoms with van der Waals surface area (Å²) in [6.07, 6.45) is 7.05. The maximum Gasteiger partial charge on any atom is 0.137 e. The summed E-state index contributed by atoms with van der Waals surface area (Å²) in [6, 6.07) is 2.34. The van der Waals surface area contributed by atoms with Gasteiger partial charge in [-0.1, -0.05) is 20.8 Å². The van der Waals surface area contributed by atoms with Crippen LogP contribution in [0.25, 0.3) is 11.0 Å². The zero-order valence-corrected chi connectivity index (χ0v) is 10.9. The molecule has 2 heterocycles. The van der Waals surface area contributed by atoms with Crippen molar-refractivity contribution >= 4 is 11.0 Å². The first kappa shape index (κ1) is 10.8. The summed E-state index contributed by atoms with van der Waals surface area (Å²) >= 11 is 0. The molecule has 0 bridgehead atoms. The molecule has 0 amide bonds. The van der Waals surface area contributed by atoms with Crippen LogP contribution in [0.5, 0.6) is 0 Å². The Morgan fingerprint density at radius 1 is 1.18 bits per heavy atom. The molecule has 0 spiro atoms. The van der Waals surface area contributed by atoms with E-state index in [0.29, 0.717) is 0 Å². The third kappa shape index (κ3) is 1.76. The Hall–Kier alpha value is -1.31. The first-order chi connectivity index (χ1) is 8.05. The van der Waals surface area contributed by atoms with Crippen LogP contribution in [-0.4, -0.2) is 9.97 Å². The number of aromatic amines is 1. The van der Waals surface area contributed by atoms with E-state index in [0.717, 1.165) is 5.65 Å². The minimum Gasteiger partial charge on any atom is -0.343 e. The summed E-state index contributed by atoms with van der Waals surface area (Å²) in [5, 5.41) is 1.35. The highest BCUT2D eigenvalue weighted by molar-refractivity contribution is 5.82. The summed E-state index contributed by atoms with van der Waals surface area (Å²) in [5.41, 5.74) is 5.52. The second kappa shape index (κ2) is 3.59. The quantitative estimate of drug-likeness (QED) is 0.731. The van der Waals surface area contributed by atoms with Crippen LogP contribution in [0.1, 0.15) is 50.4 Å². The summed E-state index contributed by atoms with van der Waals surface area (Å²) < 4.78 is 0. The molecule has 1 aliphatic carbocycles. The second-order valence-electron chi connectivity index (χ2n) is 6.16. The van der Waals surface area contributed by atoms with Crippen molar-refractivity contribution in [2.45, 2.75) is 51.9 Å². The van der Waals surface area contributed by atoms with Crippen LogP contribution in [0.2, 0.25) is 0 Å². The molecular formula is C15H20N2. The molecular weight excluding hydrogens is 208 g/mol. The first-order valence-electron chi connectivity index (χ1n) is 6.55. The topological polar surface area (TPSA) is 28.7 Å². The number of hydrogen-bond donors (Lipinski definition) is 1. The van der Waals surface area contributed by atoms with Crippen LogP contribution in [-0.2, 0) is 18.3 Å². The predicted octanol–water partition coefficient (Wildman–Crippen LogP) is 3.74. The highest BCUT2D eigenvalue weighted by Crippen LogP contribution is 2.31. The fraction of sp³-hybridized carbons (Fsp3) is 0.533. The predicted molar refractivity (Wildman–Crippen MR) is 71.4 cm³/mol. The van der Waals surface area contributed by atoms with Gasteiger partial charge in [-0.25, -0.2) is 4.98 Å². The van der Waals surface area contributed by atoms with Gasteiger partial charge in [-0.05, 0) is 48.3 Å². The van der Waals surface area contributed by atoms with Crippen molar-refractivity contribution in [3.63, 3.8) is 0 Å². The molecule has 0 aliphatic heterocycles. The molecule has 1 N–H and O–H groups in total. The lowest BCUT2D eigenvalue weighted by Crippen LogP contribution is -2.11. The van der Waals surface area contributed by atoms with Gasteiger partial charge in [0.25, 0.3) is 0 Å². The van der Waals surface area contributed by atoms with Crippen molar-refractivity contribution in [3.8, 4) is 0 Å². The molecule has 90 valence electrons. The lowest BCUT2D eigenvalue weighted by atomic mass is 9.87. The zero-order valence-electron chi connectivity index (χ0n) is 10.9. The largest absolute Gasteiger partial charge is 0.343 e. The number of aryl methyl sites for hydroxylation is 2. The van der Waals surface area contributed by atoms with Crippen LogP contribution in [0.3, 0.4) is 0 Å². The van der Waals surface area contributed by atoms with Gasteiger partial charge in [0.2, 0.25) is 0 Å². The molecule has 17 heavy (non-hydrogen) atoms. The zero-order chi connectivity index (χ0) is 12.0. The molecule has 0 aromatic carbocycles. The lowest BCUT2D eigenvalue weighted by molar-refractivity contribution is 0.588. The molecule has 1 aliphatic rings. The van der Waals surface area contributed by atoms with Crippen LogP contribution in [0.15, 0.2) is 12.3 Å². The van der Waals surface area contributed by atoms with E-state index in [4.69, 9.17) is 0 Å². The van der Waals surface area contributed by atoms with Crippen LogP contribution >= 0.6 is 0 Å². The fourth-order valence-electron chi connectivity index (χ4n) is 2.69. The Bertz CT molecular complexity index is 558. The number of aromatic nitrogens is 2. The molecule has 0 unspecified atom stereocenters. The highest BCUT2D eigenvalue weighted by Gasteiger charge is 2.19. The minimum absolute atomic E-state index is 0.181. The van der Waals surface area contributed by atoms with Gasteiger partial charge >= 0.3 is 0 Å². The normalized spacial score (nSPS) is 16.2. The molecule has 2 heteroatoms. The van der Waals surface area contributed by atoms with Crippen LogP contribution in [0.4, 0.5) is 0 Å². The summed E-state index contributed by atoms with van der Waals surface area (Å²) in [4.78, 5) is 8.08. The minimum atomic E-state index is 0.181.